The number of nitrogens with zero attached hydrogens (tertiary/aromatic N) is 2. The van der Waals surface area contributed by atoms with Crippen LogP contribution in [0, 0.1) is 6.92 Å². The lowest BCUT2D eigenvalue weighted by atomic mass is 9.98. The van der Waals surface area contributed by atoms with Gasteiger partial charge in [0.2, 0.25) is 5.96 Å². The number of nitrogens with two attached hydrogens (primary N) is 2. The van der Waals surface area contributed by atoms with Crippen molar-refractivity contribution >= 4 is 33.4 Å². The predicted molar refractivity (Wildman–Crippen MR) is 96.3 cm³/mol. The number of aliphatic imine (C=N–C) groups is 1. The molecule has 0 aliphatic carbocycles. The molecule has 2 aromatic rings. The summed E-state index contributed by atoms with van der Waals surface area (Å²) in [6.07, 6.45) is 0. The average Bonchev–Trinajstić information content (AvgIpc) is 2.88. The second-order valence-corrected chi connectivity index (χ2v) is 6.67. The Morgan fingerprint density at radius 3 is 2.75 bits per heavy atom. The number of guanidine groups is 1. The molecule has 1 aliphatic heterocycles. The van der Waals surface area contributed by atoms with Gasteiger partial charge in [-0.1, -0.05) is 18.2 Å². The molecule has 126 valence electrons. The van der Waals surface area contributed by atoms with Crippen molar-refractivity contribution in [1.29, 1.82) is 0 Å². The zero-order valence-electron chi connectivity index (χ0n) is 13.9. The van der Waals surface area contributed by atoms with Crippen molar-refractivity contribution in [2.24, 2.45) is 16.6 Å². The molecule has 7 heteroatoms. The van der Waals surface area contributed by atoms with Crippen molar-refractivity contribution in [3.63, 3.8) is 0 Å². The van der Waals surface area contributed by atoms with E-state index in [1.165, 1.54) is 5.01 Å². The van der Waals surface area contributed by atoms with Gasteiger partial charge in [0.1, 0.15) is 6.04 Å². The normalized spacial score (nSPS) is 18.1. The first kappa shape index (κ1) is 16.5. The van der Waals surface area contributed by atoms with Crippen LogP contribution >= 0.6 is 11.3 Å². The Kier molecular flexibility index (Phi) is 4.29. The Hall–Kier alpha value is -2.38. The molecule has 1 aliphatic rings. The highest BCUT2D eigenvalue weighted by atomic mass is 32.1. The van der Waals surface area contributed by atoms with Crippen LogP contribution in [0.1, 0.15) is 30.3 Å². The smallest absolute Gasteiger partial charge is 0.338 e. The number of aryl methyl sites for hydroxylation is 1. The number of hydrogen-bond acceptors (Lipinski definition) is 7. The van der Waals surface area contributed by atoms with Gasteiger partial charge in [-0.15, -0.1) is 11.3 Å². The summed E-state index contributed by atoms with van der Waals surface area (Å²) in [4.78, 5) is 17.7. The maximum Gasteiger partial charge on any atom is 0.338 e. The molecule has 1 aromatic heterocycles. The quantitative estimate of drug-likeness (QED) is 0.659. The summed E-state index contributed by atoms with van der Waals surface area (Å²) in [5.74, 6) is 5.94. The third kappa shape index (κ3) is 2.55. The standard InChI is InChI=1S/C17H20N4O2S/c1-4-23-16(22)13-10(3)20-17(18)21(19)14(13)15-9(2)11-7-5-6-8-12(11)24-15/h5-8,14H,4,19H2,1-3H3,(H2,18,20). The van der Waals surface area contributed by atoms with Crippen LogP contribution in [-0.4, -0.2) is 23.5 Å². The minimum Gasteiger partial charge on any atom is -0.463 e. The lowest BCUT2D eigenvalue weighted by Crippen LogP contribution is -2.49. The van der Waals surface area contributed by atoms with Gasteiger partial charge in [-0.3, -0.25) is 5.01 Å². The highest BCUT2D eigenvalue weighted by Crippen LogP contribution is 2.42. The summed E-state index contributed by atoms with van der Waals surface area (Å²) in [6, 6.07) is 7.60. The van der Waals surface area contributed by atoms with Gasteiger partial charge in [0.15, 0.2) is 0 Å². The summed E-state index contributed by atoms with van der Waals surface area (Å²) in [7, 11) is 0. The van der Waals surface area contributed by atoms with Gasteiger partial charge >= 0.3 is 5.97 Å². The number of carbonyl (C=O) groups excluding carboxylic acids is 1. The van der Waals surface area contributed by atoms with E-state index in [0.29, 0.717) is 11.3 Å². The largest absolute Gasteiger partial charge is 0.463 e. The second kappa shape index (κ2) is 6.26. The fourth-order valence-corrected chi connectivity index (χ4v) is 4.26. The monoisotopic (exact) mass is 344 g/mol. The predicted octanol–water partition coefficient (Wildman–Crippen LogP) is 2.59. The molecule has 1 unspecified atom stereocenters. The van der Waals surface area contributed by atoms with E-state index in [0.717, 1.165) is 20.5 Å². The number of ether oxygens (including phenoxy) is 1. The van der Waals surface area contributed by atoms with Crippen LogP contribution in [0.2, 0.25) is 0 Å². The van der Waals surface area contributed by atoms with Crippen LogP contribution in [0.15, 0.2) is 40.5 Å². The van der Waals surface area contributed by atoms with Gasteiger partial charge in [0.05, 0.1) is 17.9 Å². The van der Waals surface area contributed by atoms with Crippen LogP contribution in [-0.2, 0) is 9.53 Å². The van der Waals surface area contributed by atoms with Crippen molar-refractivity contribution in [2.75, 3.05) is 6.61 Å². The van der Waals surface area contributed by atoms with Crippen molar-refractivity contribution < 1.29 is 9.53 Å². The SMILES string of the molecule is CCOC(=O)C1=C(C)N=C(N)N(N)C1c1sc2ccccc2c1C. The maximum atomic E-state index is 12.5. The number of hydrogen-bond donors (Lipinski definition) is 2. The molecular weight excluding hydrogens is 324 g/mol. The van der Waals surface area contributed by atoms with E-state index in [9.17, 15) is 4.79 Å². The van der Waals surface area contributed by atoms with E-state index < -0.39 is 12.0 Å². The summed E-state index contributed by atoms with van der Waals surface area (Å²) in [6.45, 7) is 5.84. The van der Waals surface area contributed by atoms with Crippen LogP contribution in [0.4, 0.5) is 0 Å². The average molecular weight is 344 g/mol. The first-order valence-corrected chi connectivity index (χ1v) is 8.51. The number of esters is 1. The van der Waals surface area contributed by atoms with Crippen LogP contribution < -0.4 is 11.6 Å². The lowest BCUT2D eigenvalue weighted by Gasteiger charge is -2.33. The highest BCUT2D eigenvalue weighted by molar-refractivity contribution is 7.19. The van der Waals surface area contributed by atoms with Gasteiger partial charge in [-0.25, -0.2) is 15.6 Å². The van der Waals surface area contributed by atoms with Crippen molar-refractivity contribution in [3.05, 3.63) is 46.0 Å². The van der Waals surface area contributed by atoms with E-state index in [2.05, 4.69) is 17.1 Å². The number of rotatable bonds is 3. The molecule has 0 amide bonds. The van der Waals surface area contributed by atoms with E-state index in [1.807, 2.05) is 19.1 Å². The molecule has 6 nitrogen and oxygen atoms in total. The molecule has 24 heavy (non-hydrogen) atoms. The van der Waals surface area contributed by atoms with Crippen LogP contribution in [0.3, 0.4) is 0 Å². The molecule has 0 saturated heterocycles. The van der Waals surface area contributed by atoms with Crippen LogP contribution in [0.25, 0.3) is 10.1 Å². The lowest BCUT2D eigenvalue weighted by molar-refractivity contribution is -0.139. The highest BCUT2D eigenvalue weighted by Gasteiger charge is 2.36. The third-order valence-electron chi connectivity index (χ3n) is 4.11. The van der Waals surface area contributed by atoms with Crippen molar-refractivity contribution in [1.82, 2.24) is 5.01 Å². The Balaban J connectivity index is 2.20. The van der Waals surface area contributed by atoms with Crippen LogP contribution in [0.5, 0.6) is 0 Å². The Morgan fingerprint density at radius 2 is 2.08 bits per heavy atom. The van der Waals surface area contributed by atoms with Crippen molar-refractivity contribution in [3.8, 4) is 0 Å². The molecule has 0 saturated carbocycles. The first-order chi connectivity index (χ1) is 11.5. The topological polar surface area (TPSA) is 93.9 Å². The van der Waals surface area contributed by atoms with E-state index in [-0.39, 0.29) is 12.6 Å². The fourth-order valence-electron chi connectivity index (χ4n) is 2.94. The molecule has 4 N–H and O–H groups in total. The maximum absolute atomic E-state index is 12.5. The minimum atomic E-state index is -0.501. The molecule has 1 atom stereocenters. The van der Waals surface area contributed by atoms with Gasteiger partial charge in [0, 0.05) is 9.58 Å². The summed E-state index contributed by atoms with van der Waals surface area (Å²) in [5.41, 5.74) is 8.00. The molecule has 0 radical (unpaired) electrons. The number of fused-ring (bicyclic) bond motifs is 1. The summed E-state index contributed by atoms with van der Waals surface area (Å²) < 4.78 is 6.36. The van der Waals surface area contributed by atoms with Crippen molar-refractivity contribution in [2.45, 2.75) is 26.8 Å². The number of thiophene rings is 1. The number of hydrazine groups is 1. The fraction of sp³-hybridized carbons (Fsp3) is 0.294. The molecular formula is C17H20N4O2S. The zero-order chi connectivity index (χ0) is 17.4. The van der Waals surface area contributed by atoms with Gasteiger partial charge in [-0.05, 0) is 37.8 Å². The molecule has 0 bridgehead atoms. The van der Waals surface area contributed by atoms with E-state index >= 15 is 0 Å². The number of allylic oxidation sites excluding steroid dienone is 1. The van der Waals surface area contributed by atoms with Gasteiger partial charge in [-0.2, -0.15) is 0 Å². The number of benzene rings is 1. The molecule has 2 heterocycles. The summed E-state index contributed by atoms with van der Waals surface area (Å²) >= 11 is 1.60. The minimum absolute atomic E-state index is 0.183. The third-order valence-corrected chi connectivity index (χ3v) is 5.44. The molecule has 3 rings (SSSR count). The Bertz CT molecular complexity index is 869. The second-order valence-electron chi connectivity index (χ2n) is 5.59. The molecule has 0 fully saturated rings. The van der Waals surface area contributed by atoms with Gasteiger partial charge < -0.3 is 10.5 Å². The van der Waals surface area contributed by atoms with Gasteiger partial charge in [0.25, 0.3) is 0 Å². The zero-order valence-corrected chi connectivity index (χ0v) is 14.7. The van der Waals surface area contributed by atoms with E-state index in [1.54, 1.807) is 25.2 Å². The van der Waals surface area contributed by atoms with E-state index in [4.69, 9.17) is 16.3 Å². The Morgan fingerprint density at radius 1 is 1.38 bits per heavy atom. The summed E-state index contributed by atoms with van der Waals surface area (Å²) in [5, 5.41) is 2.49. The Labute approximate surface area is 144 Å². The first-order valence-electron chi connectivity index (χ1n) is 7.69. The number of carbonyl (C=O) groups is 1. The molecule has 1 aromatic carbocycles. The molecule has 0 spiro atoms.